The van der Waals surface area contributed by atoms with Crippen molar-refractivity contribution in [1.82, 2.24) is 9.88 Å². The standard InChI is InChI=1S/C23H24FN3O2S/c1-17-25-20(16-30-17)14-27(21-9-7-19(24)8-10-21)23(28)22-15-26(11-12-29-22)13-18-5-3-2-4-6-18/h2-10,16,22H,11-15H2,1H3. The van der Waals surface area contributed by atoms with Crippen LogP contribution in [0.5, 0.6) is 0 Å². The zero-order valence-electron chi connectivity index (χ0n) is 16.8. The molecule has 3 aromatic rings. The molecule has 156 valence electrons. The number of carbonyl (C=O) groups excluding carboxylic acids is 1. The van der Waals surface area contributed by atoms with Crippen LogP contribution < -0.4 is 4.90 Å². The van der Waals surface area contributed by atoms with E-state index in [1.807, 2.05) is 30.5 Å². The number of aromatic nitrogens is 1. The molecule has 0 N–H and O–H groups in total. The first-order valence-corrected chi connectivity index (χ1v) is 10.8. The molecule has 1 aliphatic rings. The van der Waals surface area contributed by atoms with Gasteiger partial charge in [-0.15, -0.1) is 11.3 Å². The fraction of sp³-hybridized carbons (Fsp3) is 0.304. The fourth-order valence-corrected chi connectivity index (χ4v) is 4.18. The van der Waals surface area contributed by atoms with Gasteiger partial charge >= 0.3 is 0 Å². The Kier molecular flexibility index (Phi) is 6.52. The Morgan fingerprint density at radius 1 is 1.23 bits per heavy atom. The molecule has 0 aliphatic carbocycles. The van der Waals surface area contributed by atoms with Gasteiger partial charge in [0.2, 0.25) is 0 Å². The Morgan fingerprint density at radius 3 is 2.70 bits per heavy atom. The molecule has 2 aromatic carbocycles. The number of ether oxygens (including phenoxy) is 1. The van der Waals surface area contributed by atoms with Crippen LogP contribution in [0.1, 0.15) is 16.3 Å². The zero-order chi connectivity index (χ0) is 20.9. The number of hydrogen-bond donors (Lipinski definition) is 0. The average molecular weight is 426 g/mol. The number of nitrogens with zero attached hydrogens (tertiary/aromatic N) is 3. The summed E-state index contributed by atoms with van der Waals surface area (Å²) in [4.78, 5) is 21.8. The molecule has 1 aromatic heterocycles. The number of carbonyl (C=O) groups is 1. The third kappa shape index (κ3) is 5.11. The summed E-state index contributed by atoms with van der Waals surface area (Å²) in [5, 5.41) is 2.89. The third-order valence-electron chi connectivity index (χ3n) is 5.07. The maximum Gasteiger partial charge on any atom is 0.257 e. The lowest BCUT2D eigenvalue weighted by Gasteiger charge is -2.35. The molecule has 2 heterocycles. The van der Waals surface area contributed by atoms with Gasteiger partial charge in [0.25, 0.3) is 5.91 Å². The molecule has 1 amide bonds. The normalized spacial score (nSPS) is 17.1. The van der Waals surface area contributed by atoms with Crippen LogP contribution in [0.4, 0.5) is 10.1 Å². The molecular formula is C23H24FN3O2S. The molecule has 0 radical (unpaired) electrons. The van der Waals surface area contributed by atoms with E-state index >= 15 is 0 Å². The SMILES string of the molecule is Cc1nc(CN(C(=O)C2CN(Cc3ccccc3)CCO2)c2ccc(F)cc2)cs1. The summed E-state index contributed by atoms with van der Waals surface area (Å²) in [5.41, 5.74) is 2.65. The van der Waals surface area contributed by atoms with Crippen molar-refractivity contribution in [3.05, 3.63) is 82.1 Å². The minimum Gasteiger partial charge on any atom is -0.366 e. The van der Waals surface area contributed by atoms with E-state index in [9.17, 15) is 9.18 Å². The highest BCUT2D eigenvalue weighted by atomic mass is 32.1. The number of anilines is 1. The van der Waals surface area contributed by atoms with Crippen LogP contribution in [0.2, 0.25) is 0 Å². The Bertz CT molecular complexity index is 978. The third-order valence-corrected chi connectivity index (χ3v) is 5.89. The molecule has 1 aliphatic heterocycles. The van der Waals surface area contributed by atoms with Gasteiger partial charge in [-0.2, -0.15) is 0 Å². The van der Waals surface area contributed by atoms with Gasteiger partial charge < -0.3 is 9.64 Å². The Labute approximate surface area is 179 Å². The number of thiazole rings is 1. The van der Waals surface area contributed by atoms with E-state index in [1.54, 1.807) is 28.4 Å². The number of halogens is 1. The second kappa shape index (κ2) is 9.47. The highest BCUT2D eigenvalue weighted by molar-refractivity contribution is 7.09. The lowest BCUT2D eigenvalue weighted by molar-refractivity contribution is -0.136. The van der Waals surface area contributed by atoms with E-state index in [1.165, 1.54) is 17.7 Å². The van der Waals surface area contributed by atoms with Gasteiger partial charge in [0.15, 0.2) is 0 Å². The minimum atomic E-state index is -0.577. The van der Waals surface area contributed by atoms with Gasteiger partial charge in [-0.3, -0.25) is 9.69 Å². The summed E-state index contributed by atoms with van der Waals surface area (Å²) < 4.78 is 19.3. The van der Waals surface area contributed by atoms with Crippen molar-refractivity contribution in [2.45, 2.75) is 26.1 Å². The molecule has 30 heavy (non-hydrogen) atoms. The number of morpholine rings is 1. The number of aryl methyl sites for hydroxylation is 1. The average Bonchev–Trinajstić information content (AvgIpc) is 3.18. The molecule has 0 spiro atoms. The molecule has 1 saturated heterocycles. The van der Waals surface area contributed by atoms with Gasteiger partial charge in [-0.1, -0.05) is 30.3 Å². The number of benzene rings is 2. The van der Waals surface area contributed by atoms with Crippen LogP contribution >= 0.6 is 11.3 Å². The summed E-state index contributed by atoms with van der Waals surface area (Å²) in [5.74, 6) is -0.469. The van der Waals surface area contributed by atoms with Crippen molar-refractivity contribution in [3.8, 4) is 0 Å². The lowest BCUT2D eigenvalue weighted by atomic mass is 10.1. The molecule has 1 atom stereocenters. The van der Waals surface area contributed by atoms with Crippen LogP contribution in [0.25, 0.3) is 0 Å². The summed E-state index contributed by atoms with van der Waals surface area (Å²) in [6.45, 7) is 4.82. The van der Waals surface area contributed by atoms with Crippen LogP contribution in [0.3, 0.4) is 0 Å². The smallest absolute Gasteiger partial charge is 0.257 e. The first-order valence-electron chi connectivity index (χ1n) is 9.94. The largest absolute Gasteiger partial charge is 0.366 e. The molecule has 1 unspecified atom stereocenters. The van der Waals surface area contributed by atoms with Crippen molar-refractivity contribution in [2.75, 3.05) is 24.6 Å². The van der Waals surface area contributed by atoms with Crippen molar-refractivity contribution in [1.29, 1.82) is 0 Å². The maximum atomic E-state index is 13.4. The fourth-order valence-electron chi connectivity index (χ4n) is 3.57. The van der Waals surface area contributed by atoms with Crippen LogP contribution in [-0.2, 0) is 22.6 Å². The zero-order valence-corrected chi connectivity index (χ0v) is 17.6. The summed E-state index contributed by atoms with van der Waals surface area (Å²) in [6, 6.07) is 16.2. The molecule has 0 saturated carbocycles. The van der Waals surface area contributed by atoms with Crippen LogP contribution in [0, 0.1) is 12.7 Å². The lowest BCUT2D eigenvalue weighted by Crippen LogP contribution is -2.50. The quantitative estimate of drug-likeness (QED) is 0.598. The number of amides is 1. The first-order chi connectivity index (χ1) is 14.6. The van der Waals surface area contributed by atoms with E-state index in [0.29, 0.717) is 25.4 Å². The molecule has 1 fully saturated rings. The van der Waals surface area contributed by atoms with Crippen molar-refractivity contribution in [2.24, 2.45) is 0 Å². The minimum absolute atomic E-state index is 0.134. The number of rotatable bonds is 6. The molecule has 4 rings (SSSR count). The Hall–Kier alpha value is -2.61. The first kappa shape index (κ1) is 20.7. The van der Waals surface area contributed by atoms with E-state index < -0.39 is 6.10 Å². The van der Waals surface area contributed by atoms with Gasteiger partial charge in [0.1, 0.15) is 11.9 Å². The van der Waals surface area contributed by atoms with E-state index in [0.717, 1.165) is 23.8 Å². The monoisotopic (exact) mass is 425 g/mol. The number of hydrogen-bond acceptors (Lipinski definition) is 5. The molecule has 7 heteroatoms. The summed E-state index contributed by atoms with van der Waals surface area (Å²) in [6.07, 6.45) is -0.577. The second-order valence-electron chi connectivity index (χ2n) is 7.34. The summed E-state index contributed by atoms with van der Waals surface area (Å²) >= 11 is 1.54. The topological polar surface area (TPSA) is 45.7 Å². The van der Waals surface area contributed by atoms with E-state index in [-0.39, 0.29) is 11.7 Å². The molecule has 0 bridgehead atoms. The Balaban J connectivity index is 1.51. The van der Waals surface area contributed by atoms with Gasteiger partial charge in [-0.25, -0.2) is 9.37 Å². The Morgan fingerprint density at radius 2 is 2.00 bits per heavy atom. The maximum absolute atomic E-state index is 13.4. The van der Waals surface area contributed by atoms with Crippen LogP contribution in [-0.4, -0.2) is 41.6 Å². The van der Waals surface area contributed by atoms with Crippen molar-refractivity contribution >= 4 is 22.9 Å². The van der Waals surface area contributed by atoms with Crippen LogP contribution in [0.15, 0.2) is 60.0 Å². The second-order valence-corrected chi connectivity index (χ2v) is 8.40. The highest BCUT2D eigenvalue weighted by Crippen LogP contribution is 2.22. The predicted octanol–water partition coefficient (Wildman–Crippen LogP) is 4.02. The van der Waals surface area contributed by atoms with Gasteiger partial charge in [-0.05, 0) is 36.8 Å². The predicted molar refractivity (Wildman–Crippen MR) is 116 cm³/mol. The molecular weight excluding hydrogens is 401 g/mol. The summed E-state index contributed by atoms with van der Waals surface area (Å²) in [7, 11) is 0. The van der Waals surface area contributed by atoms with E-state index in [2.05, 4.69) is 22.0 Å². The van der Waals surface area contributed by atoms with Gasteiger partial charge in [0.05, 0.1) is 23.9 Å². The van der Waals surface area contributed by atoms with Crippen molar-refractivity contribution < 1.29 is 13.9 Å². The van der Waals surface area contributed by atoms with Gasteiger partial charge in [0, 0.05) is 30.7 Å². The van der Waals surface area contributed by atoms with E-state index in [4.69, 9.17) is 4.74 Å². The van der Waals surface area contributed by atoms with Crippen molar-refractivity contribution in [3.63, 3.8) is 0 Å². The highest BCUT2D eigenvalue weighted by Gasteiger charge is 2.31. The molecule has 5 nitrogen and oxygen atoms in total.